The Bertz CT molecular complexity index is 1830. The highest BCUT2D eigenvalue weighted by molar-refractivity contribution is 6.06. The number of nitrogens with zero attached hydrogens (tertiary/aromatic N) is 3. The number of carbonyl (C=O) groups is 1. The number of fused-ring (bicyclic) bond motifs is 2. The molecular formula is C33H30N6O2. The molecule has 0 aliphatic carbocycles. The van der Waals surface area contributed by atoms with E-state index < -0.39 is 0 Å². The van der Waals surface area contributed by atoms with Gasteiger partial charge in [0.1, 0.15) is 0 Å². The van der Waals surface area contributed by atoms with E-state index in [1.165, 1.54) is 5.69 Å². The molecule has 1 aliphatic heterocycles. The fourth-order valence-electron chi connectivity index (χ4n) is 5.45. The van der Waals surface area contributed by atoms with Crippen molar-refractivity contribution in [2.45, 2.75) is 18.9 Å². The van der Waals surface area contributed by atoms with Crippen LogP contribution in [0.25, 0.3) is 27.5 Å². The van der Waals surface area contributed by atoms with Gasteiger partial charge in [0.25, 0.3) is 5.91 Å². The molecule has 1 amide bonds. The number of H-pyrrole nitrogens is 1. The van der Waals surface area contributed by atoms with Crippen molar-refractivity contribution in [3.63, 3.8) is 0 Å². The third kappa shape index (κ3) is 5.13. The number of aromatic amines is 1. The van der Waals surface area contributed by atoms with Gasteiger partial charge in [0.15, 0.2) is 0 Å². The SMILES string of the molecule is O=C(Nc1ccc(-n2ncc3cc(Nc4ccc(N5CCC(O)CC5)cc4)ccc32)cc1)c1ccc2[nH]ccc2c1. The molecular weight excluding hydrogens is 512 g/mol. The van der Waals surface area contributed by atoms with Gasteiger partial charge >= 0.3 is 0 Å². The number of aromatic nitrogens is 3. The van der Waals surface area contributed by atoms with Crippen LogP contribution in [0.5, 0.6) is 0 Å². The van der Waals surface area contributed by atoms with E-state index >= 15 is 0 Å². The summed E-state index contributed by atoms with van der Waals surface area (Å²) in [7, 11) is 0. The molecule has 1 aliphatic rings. The molecule has 0 unspecified atom stereocenters. The molecule has 2 aromatic heterocycles. The van der Waals surface area contributed by atoms with E-state index in [9.17, 15) is 9.90 Å². The van der Waals surface area contributed by atoms with Crippen LogP contribution in [0.3, 0.4) is 0 Å². The molecule has 8 nitrogen and oxygen atoms in total. The first-order valence-electron chi connectivity index (χ1n) is 13.9. The number of hydrogen-bond acceptors (Lipinski definition) is 5. The number of amides is 1. The van der Waals surface area contributed by atoms with E-state index in [2.05, 4.69) is 68.1 Å². The van der Waals surface area contributed by atoms with Crippen molar-refractivity contribution in [1.29, 1.82) is 0 Å². The lowest BCUT2D eigenvalue weighted by Crippen LogP contribution is -2.35. The van der Waals surface area contributed by atoms with Gasteiger partial charge in [-0.15, -0.1) is 0 Å². The molecule has 0 spiro atoms. The predicted octanol–water partition coefficient (Wildman–Crippen LogP) is 6.46. The van der Waals surface area contributed by atoms with Gasteiger partial charge in [-0.05, 0) is 104 Å². The van der Waals surface area contributed by atoms with E-state index in [1.54, 1.807) is 0 Å². The van der Waals surface area contributed by atoms with Crippen molar-refractivity contribution < 1.29 is 9.90 Å². The summed E-state index contributed by atoms with van der Waals surface area (Å²) in [4.78, 5) is 18.2. The first kappa shape index (κ1) is 24.9. The minimum Gasteiger partial charge on any atom is -0.393 e. The Morgan fingerprint density at radius 3 is 2.34 bits per heavy atom. The normalized spacial score (nSPS) is 14.0. The van der Waals surface area contributed by atoms with E-state index in [-0.39, 0.29) is 12.0 Å². The Kier molecular flexibility index (Phi) is 6.37. The second-order valence-corrected chi connectivity index (χ2v) is 10.5. The lowest BCUT2D eigenvalue weighted by Gasteiger charge is -2.31. The molecule has 41 heavy (non-hydrogen) atoms. The number of nitrogens with one attached hydrogen (secondary N) is 3. The molecule has 4 aromatic carbocycles. The molecule has 1 fully saturated rings. The predicted molar refractivity (Wildman–Crippen MR) is 165 cm³/mol. The second-order valence-electron chi connectivity index (χ2n) is 10.5. The topological polar surface area (TPSA) is 98.2 Å². The smallest absolute Gasteiger partial charge is 0.255 e. The van der Waals surface area contributed by atoms with Crippen LogP contribution in [0, 0.1) is 0 Å². The first-order chi connectivity index (χ1) is 20.1. The van der Waals surface area contributed by atoms with E-state index in [0.717, 1.165) is 70.5 Å². The molecule has 8 heteroatoms. The number of anilines is 4. The highest BCUT2D eigenvalue weighted by Gasteiger charge is 2.17. The van der Waals surface area contributed by atoms with Gasteiger partial charge in [-0.25, -0.2) is 4.68 Å². The van der Waals surface area contributed by atoms with Crippen LogP contribution in [0.1, 0.15) is 23.2 Å². The van der Waals surface area contributed by atoms with Gasteiger partial charge in [0.05, 0.1) is 23.5 Å². The summed E-state index contributed by atoms with van der Waals surface area (Å²) >= 11 is 0. The fraction of sp³-hybridized carbons (Fsp3) is 0.152. The summed E-state index contributed by atoms with van der Waals surface area (Å²) in [6, 6.07) is 29.9. The third-order valence-corrected chi connectivity index (χ3v) is 7.74. The molecule has 3 heterocycles. The molecule has 204 valence electrons. The van der Waals surface area contributed by atoms with E-state index in [4.69, 9.17) is 0 Å². The number of rotatable bonds is 6. The van der Waals surface area contributed by atoms with Crippen molar-refractivity contribution in [3.8, 4) is 5.69 Å². The molecule has 0 saturated carbocycles. The van der Waals surface area contributed by atoms with Crippen molar-refractivity contribution in [1.82, 2.24) is 14.8 Å². The van der Waals surface area contributed by atoms with Crippen molar-refractivity contribution in [3.05, 3.63) is 109 Å². The minimum absolute atomic E-state index is 0.147. The summed E-state index contributed by atoms with van der Waals surface area (Å²) in [5, 5.41) is 22.9. The molecule has 0 bridgehead atoms. The van der Waals surface area contributed by atoms with E-state index in [1.807, 2.05) is 65.6 Å². The Hall–Kier alpha value is -5.08. The Morgan fingerprint density at radius 1 is 0.805 bits per heavy atom. The van der Waals surface area contributed by atoms with Crippen molar-refractivity contribution >= 4 is 50.5 Å². The molecule has 0 atom stereocenters. The first-order valence-corrected chi connectivity index (χ1v) is 13.9. The average Bonchev–Trinajstić information content (AvgIpc) is 3.65. The maximum Gasteiger partial charge on any atom is 0.255 e. The summed E-state index contributed by atoms with van der Waals surface area (Å²) in [5.74, 6) is -0.147. The van der Waals surface area contributed by atoms with Crippen LogP contribution in [-0.4, -0.2) is 45.0 Å². The number of piperidine rings is 1. The number of benzene rings is 4. The number of hydrogen-bond donors (Lipinski definition) is 4. The fourth-order valence-corrected chi connectivity index (χ4v) is 5.45. The van der Waals surface area contributed by atoms with Crippen LogP contribution in [0.15, 0.2) is 103 Å². The third-order valence-electron chi connectivity index (χ3n) is 7.74. The molecule has 0 radical (unpaired) electrons. The van der Waals surface area contributed by atoms with Crippen LogP contribution < -0.4 is 15.5 Å². The van der Waals surface area contributed by atoms with Crippen molar-refractivity contribution in [2.24, 2.45) is 0 Å². The quantitative estimate of drug-likeness (QED) is 0.194. The van der Waals surface area contributed by atoms with Crippen LogP contribution in [0.2, 0.25) is 0 Å². The average molecular weight is 543 g/mol. The summed E-state index contributed by atoms with van der Waals surface area (Å²) < 4.78 is 1.90. The van der Waals surface area contributed by atoms with Gasteiger partial charge in [0.2, 0.25) is 0 Å². The lowest BCUT2D eigenvalue weighted by atomic mass is 10.1. The van der Waals surface area contributed by atoms with Crippen LogP contribution in [-0.2, 0) is 0 Å². The maximum absolute atomic E-state index is 12.8. The molecule has 7 rings (SSSR count). The zero-order valence-electron chi connectivity index (χ0n) is 22.4. The minimum atomic E-state index is -0.171. The van der Waals surface area contributed by atoms with Crippen LogP contribution in [0.4, 0.5) is 22.7 Å². The maximum atomic E-state index is 12.8. The zero-order chi connectivity index (χ0) is 27.8. The van der Waals surface area contributed by atoms with Gasteiger partial charge in [-0.2, -0.15) is 5.10 Å². The standard InChI is InChI=1S/C33H30N6O2/c40-30-14-17-38(18-15-30)28-7-2-25(3-8-28)36-27-6-12-32-24(20-27)21-35-39(32)29-9-4-26(5-10-29)37-33(41)23-1-11-31-22(19-23)13-16-34-31/h1-13,16,19-21,30,34,36,40H,14-15,17-18H2,(H,37,41). The van der Waals surface area contributed by atoms with Gasteiger partial charge in [-0.1, -0.05) is 0 Å². The highest BCUT2D eigenvalue weighted by atomic mass is 16.3. The summed E-state index contributed by atoms with van der Waals surface area (Å²) in [6.07, 6.45) is 5.20. The Morgan fingerprint density at radius 2 is 1.54 bits per heavy atom. The second kappa shape index (κ2) is 10.5. The number of aliphatic hydroxyl groups excluding tert-OH is 1. The number of carbonyl (C=O) groups excluding carboxylic acids is 1. The van der Waals surface area contributed by atoms with Gasteiger partial charge < -0.3 is 25.6 Å². The Labute approximate surface area is 237 Å². The zero-order valence-corrected chi connectivity index (χ0v) is 22.4. The van der Waals surface area contributed by atoms with Gasteiger partial charge in [0, 0.05) is 63.9 Å². The molecule has 1 saturated heterocycles. The largest absolute Gasteiger partial charge is 0.393 e. The lowest BCUT2D eigenvalue weighted by molar-refractivity contribution is 0.102. The van der Waals surface area contributed by atoms with Crippen LogP contribution >= 0.6 is 0 Å². The molecule has 6 aromatic rings. The Balaban J connectivity index is 1.02. The van der Waals surface area contributed by atoms with Gasteiger partial charge in [-0.3, -0.25) is 4.79 Å². The summed E-state index contributed by atoms with van der Waals surface area (Å²) in [6.45, 7) is 1.77. The number of aliphatic hydroxyl groups is 1. The summed E-state index contributed by atoms with van der Waals surface area (Å²) in [5.41, 5.74) is 7.43. The van der Waals surface area contributed by atoms with E-state index in [0.29, 0.717) is 5.56 Å². The van der Waals surface area contributed by atoms with Crippen molar-refractivity contribution in [2.75, 3.05) is 28.6 Å². The highest BCUT2D eigenvalue weighted by Crippen LogP contribution is 2.27. The monoisotopic (exact) mass is 542 g/mol. The molecule has 4 N–H and O–H groups in total.